The lowest BCUT2D eigenvalue weighted by atomic mass is 10.1. The van der Waals surface area contributed by atoms with Gasteiger partial charge in [-0.05, 0) is 84.9 Å². The molecule has 0 radical (unpaired) electrons. The van der Waals surface area contributed by atoms with Gasteiger partial charge in [-0.25, -0.2) is 9.97 Å². The van der Waals surface area contributed by atoms with Crippen LogP contribution in [-0.2, 0) is 0 Å². The van der Waals surface area contributed by atoms with E-state index in [1.165, 1.54) is 7.11 Å². The lowest BCUT2D eigenvalue weighted by molar-refractivity contribution is 0.373. The van der Waals surface area contributed by atoms with Crippen LogP contribution in [0.2, 0.25) is 0 Å². The lowest BCUT2D eigenvalue weighted by Gasteiger charge is -2.12. The van der Waals surface area contributed by atoms with Gasteiger partial charge in [-0.15, -0.1) is 0 Å². The van der Waals surface area contributed by atoms with E-state index in [0.29, 0.717) is 40.5 Å². The van der Waals surface area contributed by atoms with Gasteiger partial charge in [0, 0.05) is 28.2 Å². The van der Waals surface area contributed by atoms with E-state index in [9.17, 15) is 5.11 Å². The predicted molar refractivity (Wildman–Crippen MR) is 181 cm³/mol. The number of nitrogens with one attached hydrogen (secondary N) is 3. The van der Waals surface area contributed by atoms with Crippen molar-refractivity contribution < 1.29 is 19.3 Å². The summed E-state index contributed by atoms with van der Waals surface area (Å²) < 4.78 is 15.7. The number of rotatable bonds is 11. The summed E-state index contributed by atoms with van der Waals surface area (Å²) in [6, 6.07) is 29.2. The Bertz CT molecular complexity index is 1920. The number of aromatic nitrogens is 5. The van der Waals surface area contributed by atoms with Gasteiger partial charge in [-0.2, -0.15) is 15.0 Å². The Hall–Kier alpha value is -6.63. The van der Waals surface area contributed by atoms with Crippen LogP contribution in [0.15, 0.2) is 97.1 Å². The summed E-state index contributed by atoms with van der Waals surface area (Å²) >= 11 is 0. The largest absolute Gasteiger partial charge is 0.504 e. The molecule has 236 valence electrons. The van der Waals surface area contributed by atoms with E-state index in [1.54, 1.807) is 38.5 Å². The first-order valence-corrected chi connectivity index (χ1v) is 14.4. The molecule has 47 heavy (non-hydrogen) atoms. The highest BCUT2D eigenvalue weighted by molar-refractivity contribution is 5.72. The van der Waals surface area contributed by atoms with Crippen LogP contribution in [0.4, 0.5) is 40.9 Å². The molecule has 13 nitrogen and oxygen atoms in total. The smallest absolute Gasteiger partial charge is 0.233 e. The molecule has 0 amide bonds. The van der Waals surface area contributed by atoms with Crippen LogP contribution in [0, 0.1) is 0 Å². The number of anilines is 7. The molecule has 13 heteroatoms. The van der Waals surface area contributed by atoms with Crippen LogP contribution in [-0.4, -0.2) is 51.4 Å². The lowest BCUT2D eigenvalue weighted by Crippen LogP contribution is -2.07. The molecule has 6 rings (SSSR count). The van der Waals surface area contributed by atoms with E-state index in [-0.39, 0.29) is 11.7 Å². The molecule has 0 unspecified atom stereocenters. The quantitative estimate of drug-likeness (QED) is 0.105. The van der Waals surface area contributed by atoms with Crippen LogP contribution in [0.25, 0.3) is 22.5 Å². The molecular formula is C34H31N9O4. The first-order chi connectivity index (χ1) is 22.9. The second kappa shape index (κ2) is 13.6. The van der Waals surface area contributed by atoms with Gasteiger partial charge in [0.25, 0.3) is 0 Å². The minimum atomic E-state index is 0.00204. The highest BCUT2D eigenvalue weighted by atomic mass is 16.5. The zero-order valence-electron chi connectivity index (χ0n) is 25.7. The Morgan fingerprint density at radius 3 is 1.36 bits per heavy atom. The summed E-state index contributed by atoms with van der Waals surface area (Å²) in [4.78, 5) is 22.5. The summed E-state index contributed by atoms with van der Waals surface area (Å²) in [7, 11) is 4.72. The SMILES string of the molecule is COc1ccc(Nc2nc(Nc3ccc(OC)cc3)nc(Nc3ccc(-c4cc(-c5ccc(OC)c(O)c5)nc(N)n4)cc3)n2)cc1. The third kappa shape index (κ3) is 7.37. The molecule has 0 atom stereocenters. The minimum absolute atomic E-state index is 0.00204. The normalized spacial score (nSPS) is 10.6. The summed E-state index contributed by atoms with van der Waals surface area (Å²) in [6.07, 6.45) is 0. The maximum Gasteiger partial charge on any atom is 0.233 e. The topological polar surface area (TPSA) is 174 Å². The van der Waals surface area contributed by atoms with Gasteiger partial charge in [0.05, 0.1) is 32.7 Å². The molecule has 2 heterocycles. The second-order valence-electron chi connectivity index (χ2n) is 10.1. The molecule has 0 saturated carbocycles. The van der Waals surface area contributed by atoms with Crippen LogP contribution in [0.3, 0.4) is 0 Å². The summed E-state index contributed by atoms with van der Waals surface area (Å²) in [6.45, 7) is 0. The van der Waals surface area contributed by atoms with Gasteiger partial charge < -0.3 is 41.0 Å². The Balaban J connectivity index is 1.25. The van der Waals surface area contributed by atoms with Crippen LogP contribution in [0.5, 0.6) is 23.0 Å². The number of phenolic OH excluding ortho intramolecular Hbond substituents is 1. The molecule has 2 aromatic heterocycles. The molecule has 0 fully saturated rings. The summed E-state index contributed by atoms with van der Waals surface area (Å²) in [5, 5.41) is 19.9. The maximum atomic E-state index is 10.2. The number of benzene rings is 4. The van der Waals surface area contributed by atoms with E-state index in [1.807, 2.05) is 72.8 Å². The molecule has 4 aromatic carbocycles. The van der Waals surface area contributed by atoms with E-state index in [0.717, 1.165) is 34.1 Å². The fourth-order valence-corrected chi connectivity index (χ4v) is 4.61. The van der Waals surface area contributed by atoms with Crippen molar-refractivity contribution in [2.24, 2.45) is 0 Å². The minimum Gasteiger partial charge on any atom is -0.504 e. The molecule has 0 aliphatic rings. The zero-order valence-corrected chi connectivity index (χ0v) is 25.7. The highest BCUT2D eigenvalue weighted by Crippen LogP contribution is 2.33. The molecule has 0 aliphatic carbocycles. The summed E-state index contributed by atoms with van der Waals surface area (Å²) in [5.74, 6) is 2.91. The van der Waals surface area contributed by atoms with Crippen LogP contribution < -0.4 is 35.9 Å². The molecule has 0 aliphatic heterocycles. The Labute approximate surface area is 270 Å². The average Bonchev–Trinajstić information content (AvgIpc) is 3.09. The zero-order chi connectivity index (χ0) is 32.8. The predicted octanol–water partition coefficient (Wildman–Crippen LogP) is 6.54. The van der Waals surface area contributed by atoms with Crippen LogP contribution >= 0.6 is 0 Å². The third-order valence-electron chi connectivity index (χ3n) is 6.98. The average molecular weight is 630 g/mol. The van der Waals surface area contributed by atoms with Crippen molar-refractivity contribution in [1.82, 2.24) is 24.9 Å². The van der Waals surface area contributed by atoms with Crippen molar-refractivity contribution in [2.75, 3.05) is 43.0 Å². The number of methoxy groups -OCH3 is 3. The summed E-state index contributed by atoms with van der Waals surface area (Å²) in [5.41, 5.74) is 11.0. The van der Waals surface area contributed by atoms with Gasteiger partial charge in [0.15, 0.2) is 11.5 Å². The fraction of sp³-hybridized carbons (Fsp3) is 0.0882. The molecule has 6 aromatic rings. The molecule has 0 spiro atoms. The molecule has 0 saturated heterocycles. The van der Waals surface area contributed by atoms with Crippen molar-refractivity contribution in [3.8, 4) is 45.5 Å². The number of aromatic hydroxyl groups is 1. The van der Waals surface area contributed by atoms with E-state index >= 15 is 0 Å². The first kappa shape index (κ1) is 30.4. The molecular weight excluding hydrogens is 598 g/mol. The van der Waals surface area contributed by atoms with Crippen molar-refractivity contribution in [3.63, 3.8) is 0 Å². The van der Waals surface area contributed by atoms with Gasteiger partial charge in [0.1, 0.15) is 11.5 Å². The maximum absolute atomic E-state index is 10.2. The second-order valence-corrected chi connectivity index (χ2v) is 10.1. The van der Waals surface area contributed by atoms with Crippen LogP contribution in [0.1, 0.15) is 0 Å². The van der Waals surface area contributed by atoms with Gasteiger partial charge in [-0.1, -0.05) is 12.1 Å². The van der Waals surface area contributed by atoms with E-state index in [4.69, 9.17) is 19.9 Å². The van der Waals surface area contributed by atoms with Gasteiger partial charge >= 0.3 is 0 Å². The first-order valence-electron chi connectivity index (χ1n) is 14.4. The Kier molecular flexibility index (Phi) is 8.77. The fourth-order valence-electron chi connectivity index (χ4n) is 4.61. The van der Waals surface area contributed by atoms with E-state index in [2.05, 4.69) is 40.9 Å². The number of phenols is 1. The molecule has 0 bridgehead atoms. The third-order valence-corrected chi connectivity index (χ3v) is 6.98. The number of ether oxygens (including phenoxy) is 3. The number of hydrogen-bond donors (Lipinski definition) is 5. The number of hydrogen-bond acceptors (Lipinski definition) is 13. The number of nitrogens with two attached hydrogens (primary N) is 1. The van der Waals surface area contributed by atoms with Gasteiger partial charge in [0.2, 0.25) is 23.8 Å². The highest BCUT2D eigenvalue weighted by Gasteiger charge is 2.12. The van der Waals surface area contributed by atoms with Crippen molar-refractivity contribution in [2.45, 2.75) is 0 Å². The van der Waals surface area contributed by atoms with Gasteiger partial charge in [-0.3, -0.25) is 0 Å². The number of nitrogens with zero attached hydrogens (tertiary/aromatic N) is 5. The molecule has 6 N–H and O–H groups in total. The standard InChI is InChI=1S/C34H31N9O4/c1-45-25-13-9-23(10-14-25)37-33-41-32(42-34(43-33)38-24-11-15-26(46-2)16-12-24)36-22-7-4-20(5-8-22)27-19-28(40-31(35)39-27)21-6-17-30(47-3)29(44)18-21/h4-19,44H,1-3H3,(H2,35,39,40)(H3,36,37,38,41,42,43). The van der Waals surface area contributed by atoms with Crippen molar-refractivity contribution in [3.05, 3.63) is 97.1 Å². The van der Waals surface area contributed by atoms with Crippen molar-refractivity contribution in [1.29, 1.82) is 0 Å². The van der Waals surface area contributed by atoms with E-state index < -0.39 is 0 Å². The number of nitrogen functional groups attached to an aromatic ring is 1. The Morgan fingerprint density at radius 1 is 0.511 bits per heavy atom. The monoisotopic (exact) mass is 629 g/mol. The van der Waals surface area contributed by atoms with Crippen molar-refractivity contribution >= 4 is 40.9 Å². The Morgan fingerprint density at radius 2 is 0.936 bits per heavy atom.